The average molecular weight is 1170 g/mol. The van der Waals surface area contributed by atoms with E-state index < -0.39 is 0 Å². The number of aromatic nitrogens is 4. The molecule has 9 rings (SSSR count). The number of halogens is 7. The highest BCUT2D eigenvalue weighted by Crippen LogP contribution is 2.52. The number of rotatable bonds is 4. The van der Waals surface area contributed by atoms with Gasteiger partial charge in [0, 0.05) is 32.2 Å². The molecule has 268 valence electrons. The molecule has 0 amide bonds. The van der Waals surface area contributed by atoms with Crippen molar-refractivity contribution >= 4 is 152 Å². The van der Waals surface area contributed by atoms with Crippen molar-refractivity contribution in [2.24, 2.45) is 0 Å². The van der Waals surface area contributed by atoms with Crippen LogP contribution < -0.4 is 0 Å². The molecule has 0 saturated carbocycles. The first-order chi connectivity index (χ1) is 26.7. The second kappa shape index (κ2) is 15.3. The summed E-state index contributed by atoms with van der Waals surface area (Å²) in [6.07, 6.45) is 0. The van der Waals surface area contributed by atoms with E-state index in [1.54, 1.807) is 0 Å². The molecule has 5 heterocycles. The Bertz CT molecular complexity index is 2920. The zero-order chi connectivity index (χ0) is 38.0. The molecule has 0 atom stereocenters. The van der Waals surface area contributed by atoms with Crippen molar-refractivity contribution in [1.82, 2.24) is 19.9 Å². The lowest BCUT2D eigenvalue weighted by Gasteiger charge is -2.08. The third-order valence-corrected chi connectivity index (χ3v) is 16.4. The summed E-state index contributed by atoms with van der Waals surface area (Å²) in [5.74, 6) is 0. The van der Waals surface area contributed by atoms with Crippen LogP contribution in [0.5, 0.6) is 0 Å². The summed E-state index contributed by atoms with van der Waals surface area (Å²) in [5, 5.41) is 0. The maximum atomic E-state index is 5.52. The predicted molar refractivity (Wildman–Crippen MR) is 255 cm³/mol. The highest BCUT2D eigenvalue weighted by Gasteiger charge is 2.31. The minimum absolute atomic E-state index is 0.744. The summed E-state index contributed by atoms with van der Waals surface area (Å²) in [6.45, 7) is 0. The molecule has 0 aliphatic carbocycles. The molecule has 8 bridgehead atoms. The molecular weight excluding hydrogens is 1140 g/mol. The Labute approximate surface area is 375 Å². The lowest BCUT2D eigenvalue weighted by Crippen LogP contribution is -1.93. The molecule has 4 nitrogen and oxygen atoms in total. The highest BCUT2D eigenvalue weighted by atomic mass is 79.9. The van der Waals surface area contributed by atoms with Crippen LogP contribution in [-0.4, -0.2) is 19.9 Å². The van der Waals surface area contributed by atoms with Gasteiger partial charge in [-0.15, -0.1) is 0 Å². The Hall–Kier alpha value is -3.16. The summed E-state index contributed by atoms with van der Waals surface area (Å²) in [7, 11) is 0. The van der Waals surface area contributed by atoms with Gasteiger partial charge >= 0.3 is 0 Å². The number of benzene rings is 4. The molecule has 0 radical (unpaired) electrons. The summed E-state index contributed by atoms with van der Waals surface area (Å²) in [5.41, 5.74) is 14.3. The Morgan fingerprint density at radius 3 is 1.09 bits per heavy atom. The first kappa shape index (κ1) is 37.4. The van der Waals surface area contributed by atoms with Crippen LogP contribution in [0.4, 0.5) is 0 Å². The summed E-state index contributed by atoms with van der Waals surface area (Å²) in [6, 6.07) is 43.6. The Balaban J connectivity index is 1.61. The Morgan fingerprint density at radius 1 is 0.345 bits per heavy atom. The number of H-pyrrole nitrogens is 2. The van der Waals surface area contributed by atoms with E-state index in [-0.39, 0.29) is 0 Å². The molecule has 2 aliphatic heterocycles. The van der Waals surface area contributed by atoms with Crippen molar-refractivity contribution in [1.29, 1.82) is 0 Å². The first-order valence-electron chi connectivity index (χ1n) is 16.9. The van der Waals surface area contributed by atoms with E-state index >= 15 is 0 Å². The fourth-order valence-corrected chi connectivity index (χ4v) is 10.5. The van der Waals surface area contributed by atoms with E-state index in [4.69, 9.17) is 9.97 Å². The number of hydrogen-bond acceptors (Lipinski definition) is 2. The van der Waals surface area contributed by atoms with Crippen molar-refractivity contribution in [3.05, 3.63) is 164 Å². The van der Waals surface area contributed by atoms with E-state index in [2.05, 4.69) is 200 Å². The number of fused-ring (bicyclic) bond motifs is 8. The molecule has 4 aromatic carbocycles. The SMILES string of the molecule is BrC1=C(Br)c2nc1c(-c1ccccc1)c1nc(c(-c3ccccc3)c3[nH]c(c(Br)c3Br)c(-c3ccccc3)c3cc(Br)c([nH]3)c2-c2ccccc2)C(Br)=C1Br. The van der Waals surface area contributed by atoms with Crippen LogP contribution in [0.15, 0.2) is 141 Å². The second-order valence-corrected chi connectivity index (χ2v) is 18.4. The largest absolute Gasteiger partial charge is 0.353 e. The molecular formula is C44H23Br7N4. The molecule has 7 aromatic rings. The van der Waals surface area contributed by atoms with Gasteiger partial charge in [-0.3, -0.25) is 0 Å². The average Bonchev–Trinajstić information content (AvgIpc) is 3.91. The fourth-order valence-electron chi connectivity index (χ4n) is 7.08. The third kappa shape index (κ3) is 6.48. The summed E-state index contributed by atoms with van der Waals surface area (Å²) >= 11 is 28.1. The van der Waals surface area contributed by atoms with Gasteiger partial charge in [-0.2, -0.15) is 0 Å². The van der Waals surface area contributed by atoms with Gasteiger partial charge in [0.2, 0.25) is 0 Å². The highest BCUT2D eigenvalue weighted by molar-refractivity contribution is 9.18. The smallest absolute Gasteiger partial charge is 0.0892 e. The molecule has 0 spiro atoms. The van der Waals surface area contributed by atoms with Crippen LogP contribution in [-0.2, 0) is 0 Å². The lowest BCUT2D eigenvalue weighted by molar-refractivity contribution is 1.27. The number of hydrogen-bond donors (Lipinski definition) is 2. The molecule has 11 heteroatoms. The zero-order valence-corrected chi connectivity index (χ0v) is 39.3. The summed E-state index contributed by atoms with van der Waals surface area (Å²) in [4.78, 5) is 18.8. The van der Waals surface area contributed by atoms with E-state index in [0.29, 0.717) is 0 Å². The topological polar surface area (TPSA) is 57.4 Å². The van der Waals surface area contributed by atoms with Gasteiger partial charge in [0.05, 0.1) is 66.2 Å². The van der Waals surface area contributed by atoms with Gasteiger partial charge in [0.1, 0.15) is 0 Å². The Morgan fingerprint density at radius 2 is 0.673 bits per heavy atom. The molecule has 55 heavy (non-hydrogen) atoms. The van der Waals surface area contributed by atoms with Crippen LogP contribution in [0.25, 0.3) is 84.5 Å². The van der Waals surface area contributed by atoms with Gasteiger partial charge in [-0.25, -0.2) is 9.97 Å². The maximum Gasteiger partial charge on any atom is 0.0892 e. The lowest BCUT2D eigenvalue weighted by atomic mass is 10.0. The maximum absolute atomic E-state index is 5.52. The molecule has 2 N–H and O–H groups in total. The van der Waals surface area contributed by atoms with Crippen molar-refractivity contribution < 1.29 is 0 Å². The van der Waals surface area contributed by atoms with Gasteiger partial charge in [-0.05, 0) is 140 Å². The van der Waals surface area contributed by atoms with Crippen LogP contribution in [0.3, 0.4) is 0 Å². The number of nitrogens with one attached hydrogen (secondary N) is 2. The van der Waals surface area contributed by atoms with E-state index in [9.17, 15) is 0 Å². The Kier molecular flexibility index (Phi) is 10.4. The van der Waals surface area contributed by atoms with Crippen LogP contribution in [0, 0.1) is 0 Å². The van der Waals surface area contributed by atoms with E-state index in [0.717, 1.165) is 121 Å². The quantitative estimate of drug-likeness (QED) is 0.185. The molecule has 0 fully saturated rings. The predicted octanol–water partition coefficient (Wildman–Crippen LogP) is 16.5. The van der Waals surface area contributed by atoms with Gasteiger partial charge in [0.15, 0.2) is 0 Å². The monoisotopic (exact) mass is 1160 g/mol. The standard InChI is InChI=1S/C44H23Br7N4/c45-26-21-27-28(22-13-5-1-6-14-22)39-32(46)33(47)41(53-39)30(24-17-9-3-10-18-24)43-36(50)37(51)44(55-43)31(25-19-11-4-12-20-25)42-35(49)34(48)40(54-42)29(38(26)52-27)23-15-7-2-8-16-23/h1-21,52-53H. The van der Waals surface area contributed by atoms with Crippen molar-refractivity contribution in [3.63, 3.8) is 0 Å². The minimum Gasteiger partial charge on any atom is -0.353 e. The van der Waals surface area contributed by atoms with Gasteiger partial charge in [-0.1, -0.05) is 121 Å². The zero-order valence-electron chi connectivity index (χ0n) is 28.2. The minimum atomic E-state index is 0.744. The number of aromatic amines is 2. The van der Waals surface area contributed by atoms with Gasteiger partial charge < -0.3 is 9.97 Å². The van der Waals surface area contributed by atoms with Crippen LogP contribution >= 0.6 is 112 Å². The fraction of sp³-hybridized carbons (Fsp3) is 0. The first-order valence-corrected chi connectivity index (χ1v) is 22.5. The normalized spacial score (nSPS) is 12.9. The number of nitrogens with zero attached hydrogens (tertiary/aromatic N) is 2. The van der Waals surface area contributed by atoms with Crippen LogP contribution in [0.1, 0.15) is 22.8 Å². The molecule has 3 aromatic heterocycles. The van der Waals surface area contributed by atoms with Crippen molar-refractivity contribution in [3.8, 4) is 44.5 Å². The summed E-state index contributed by atoms with van der Waals surface area (Å²) < 4.78 is 5.92. The molecule has 0 saturated heterocycles. The van der Waals surface area contributed by atoms with E-state index in [1.165, 1.54) is 0 Å². The van der Waals surface area contributed by atoms with Crippen molar-refractivity contribution in [2.45, 2.75) is 0 Å². The second-order valence-electron chi connectivity index (χ2n) is 12.7. The van der Waals surface area contributed by atoms with E-state index in [1.807, 2.05) is 48.5 Å². The van der Waals surface area contributed by atoms with Gasteiger partial charge in [0.25, 0.3) is 0 Å². The van der Waals surface area contributed by atoms with Crippen LogP contribution in [0.2, 0.25) is 0 Å². The molecule has 2 aliphatic rings. The van der Waals surface area contributed by atoms with Crippen molar-refractivity contribution in [2.75, 3.05) is 0 Å². The molecule has 0 unspecified atom stereocenters. The third-order valence-electron chi connectivity index (χ3n) is 9.53.